The zero-order valence-corrected chi connectivity index (χ0v) is 8.92. The highest BCUT2D eigenvalue weighted by atomic mass is 32.2. The molecule has 0 aliphatic carbocycles. The van der Waals surface area contributed by atoms with Gasteiger partial charge in [0, 0.05) is 0 Å². The Morgan fingerprint density at radius 1 is 1.36 bits per heavy atom. The predicted molar refractivity (Wildman–Crippen MR) is 57.0 cm³/mol. The number of hydrogen-bond donors (Lipinski definition) is 1. The number of benzene rings is 1. The molecule has 0 fully saturated rings. The van der Waals surface area contributed by atoms with Gasteiger partial charge < -0.3 is 9.29 Å². The minimum Gasteiger partial charge on any atom is -0.494 e. The average Bonchev–Trinajstić information content (AvgIpc) is 2.17. The second kappa shape index (κ2) is 5.78. The van der Waals surface area contributed by atoms with Crippen molar-refractivity contribution in [2.75, 3.05) is 12.4 Å². The molecule has 0 aromatic heterocycles. The van der Waals surface area contributed by atoms with Gasteiger partial charge in [-0.15, -0.1) is 0 Å². The lowest BCUT2D eigenvalue weighted by Crippen LogP contribution is -1.99. The molecule has 0 saturated carbocycles. The Balaban J connectivity index is 2.50. The van der Waals surface area contributed by atoms with Gasteiger partial charge in [-0.1, -0.05) is 12.1 Å². The molecule has 0 aliphatic heterocycles. The predicted octanol–water partition coefficient (Wildman–Crippen LogP) is 1.85. The molecular weight excluding hydrogens is 200 g/mol. The molecule has 0 saturated heterocycles. The fraction of sp³-hybridized carbons (Fsp3) is 0.400. The largest absolute Gasteiger partial charge is 0.494 e. The second-order valence-corrected chi connectivity index (χ2v) is 3.90. The highest BCUT2D eigenvalue weighted by molar-refractivity contribution is 7.79. The van der Waals surface area contributed by atoms with Crippen LogP contribution in [0, 0.1) is 0 Å². The van der Waals surface area contributed by atoms with E-state index in [1.54, 1.807) is 0 Å². The first-order valence-corrected chi connectivity index (χ1v) is 5.79. The molecule has 14 heavy (non-hydrogen) atoms. The van der Waals surface area contributed by atoms with Crippen molar-refractivity contribution >= 4 is 11.1 Å². The van der Waals surface area contributed by atoms with E-state index in [0.717, 1.165) is 11.3 Å². The Bertz CT molecular complexity index is 295. The van der Waals surface area contributed by atoms with Crippen LogP contribution >= 0.6 is 0 Å². The number of hydrogen-bond acceptors (Lipinski definition) is 2. The molecule has 0 bridgehead atoms. The first kappa shape index (κ1) is 11.2. The molecule has 4 heteroatoms. The smallest absolute Gasteiger partial charge is 0.153 e. The molecule has 1 atom stereocenters. The van der Waals surface area contributed by atoms with E-state index in [1.807, 2.05) is 31.2 Å². The van der Waals surface area contributed by atoms with E-state index in [2.05, 4.69) is 0 Å². The van der Waals surface area contributed by atoms with Gasteiger partial charge in [0.15, 0.2) is 11.1 Å². The van der Waals surface area contributed by atoms with Gasteiger partial charge >= 0.3 is 0 Å². The van der Waals surface area contributed by atoms with E-state index in [0.29, 0.717) is 13.0 Å². The third kappa shape index (κ3) is 3.89. The molecule has 1 N–H and O–H groups in total. The SMILES string of the molecule is CCOc1ccc(CCS(=O)O)cc1. The van der Waals surface area contributed by atoms with Crippen LogP contribution in [0.4, 0.5) is 0 Å². The Labute approximate surface area is 86.4 Å². The summed E-state index contributed by atoms with van der Waals surface area (Å²) < 4.78 is 24.3. The van der Waals surface area contributed by atoms with Gasteiger partial charge in [0.2, 0.25) is 0 Å². The third-order valence-electron chi connectivity index (χ3n) is 1.80. The van der Waals surface area contributed by atoms with E-state index in [-0.39, 0.29) is 5.75 Å². The molecule has 1 unspecified atom stereocenters. The van der Waals surface area contributed by atoms with Gasteiger partial charge in [-0.25, -0.2) is 4.21 Å². The molecule has 0 aliphatic rings. The van der Waals surface area contributed by atoms with Gasteiger partial charge in [-0.2, -0.15) is 0 Å². The number of ether oxygens (including phenoxy) is 1. The molecule has 1 aromatic rings. The van der Waals surface area contributed by atoms with Gasteiger partial charge in [-0.3, -0.25) is 0 Å². The van der Waals surface area contributed by atoms with Crippen LogP contribution in [0.25, 0.3) is 0 Å². The quantitative estimate of drug-likeness (QED) is 0.761. The fourth-order valence-electron chi connectivity index (χ4n) is 1.12. The molecule has 0 heterocycles. The summed E-state index contributed by atoms with van der Waals surface area (Å²) in [4.78, 5) is 0. The van der Waals surface area contributed by atoms with Gasteiger partial charge in [-0.05, 0) is 31.0 Å². The van der Waals surface area contributed by atoms with Crippen molar-refractivity contribution in [1.82, 2.24) is 0 Å². The lowest BCUT2D eigenvalue weighted by molar-refractivity contribution is 0.340. The summed E-state index contributed by atoms with van der Waals surface area (Å²) >= 11 is -1.71. The van der Waals surface area contributed by atoms with Crippen molar-refractivity contribution in [2.45, 2.75) is 13.3 Å². The Morgan fingerprint density at radius 2 is 2.00 bits per heavy atom. The minimum atomic E-state index is -1.71. The van der Waals surface area contributed by atoms with Crippen molar-refractivity contribution < 1.29 is 13.5 Å². The summed E-state index contributed by atoms with van der Waals surface area (Å²) in [6.45, 7) is 2.59. The third-order valence-corrected chi connectivity index (χ3v) is 2.35. The van der Waals surface area contributed by atoms with Crippen LogP contribution in [0.5, 0.6) is 5.75 Å². The number of rotatable bonds is 5. The van der Waals surface area contributed by atoms with Crippen LogP contribution in [-0.4, -0.2) is 21.1 Å². The lowest BCUT2D eigenvalue weighted by Gasteiger charge is -2.03. The molecule has 3 nitrogen and oxygen atoms in total. The summed E-state index contributed by atoms with van der Waals surface area (Å²) in [5.41, 5.74) is 1.05. The highest BCUT2D eigenvalue weighted by Gasteiger charge is 1.97. The Morgan fingerprint density at radius 3 is 2.50 bits per heavy atom. The zero-order valence-electron chi connectivity index (χ0n) is 8.10. The Kier molecular flexibility index (Phi) is 4.62. The average molecular weight is 214 g/mol. The lowest BCUT2D eigenvalue weighted by atomic mass is 10.2. The van der Waals surface area contributed by atoms with E-state index < -0.39 is 11.1 Å². The standard InChI is InChI=1S/C10H14O3S/c1-2-13-10-5-3-9(4-6-10)7-8-14(11)12/h3-6H,2,7-8H2,1H3,(H,11,12). The van der Waals surface area contributed by atoms with Crippen LogP contribution in [0.1, 0.15) is 12.5 Å². The normalized spacial score (nSPS) is 12.4. The maximum Gasteiger partial charge on any atom is 0.153 e. The van der Waals surface area contributed by atoms with Crippen molar-refractivity contribution in [3.8, 4) is 5.75 Å². The van der Waals surface area contributed by atoms with Crippen molar-refractivity contribution in [3.05, 3.63) is 29.8 Å². The van der Waals surface area contributed by atoms with Crippen LogP contribution in [0.2, 0.25) is 0 Å². The summed E-state index contributed by atoms with van der Waals surface area (Å²) in [7, 11) is 0. The molecule has 0 spiro atoms. The maximum absolute atomic E-state index is 10.4. The van der Waals surface area contributed by atoms with E-state index in [1.165, 1.54) is 0 Å². The van der Waals surface area contributed by atoms with Gasteiger partial charge in [0.05, 0.1) is 12.4 Å². The Hall–Kier alpha value is -0.870. The summed E-state index contributed by atoms with van der Waals surface area (Å²) in [6.07, 6.45) is 0.621. The molecule has 0 amide bonds. The zero-order chi connectivity index (χ0) is 10.4. The highest BCUT2D eigenvalue weighted by Crippen LogP contribution is 2.12. The summed E-state index contributed by atoms with van der Waals surface area (Å²) in [5.74, 6) is 1.12. The van der Waals surface area contributed by atoms with Crippen LogP contribution in [-0.2, 0) is 17.5 Å². The van der Waals surface area contributed by atoms with Crippen LogP contribution < -0.4 is 4.74 Å². The first-order valence-electron chi connectivity index (χ1n) is 4.51. The van der Waals surface area contributed by atoms with Crippen molar-refractivity contribution in [2.24, 2.45) is 0 Å². The molecule has 0 radical (unpaired) electrons. The van der Waals surface area contributed by atoms with E-state index in [9.17, 15) is 4.21 Å². The molecular formula is C10H14O3S. The number of aryl methyl sites for hydroxylation is 1. The summed E-state index contributed by atoms with van der Waals surface area (Å²) in [5, 5.41) is 0. The first-order chi connectivity index (χ1) is 6.72. The van der Waals surface area contributed by atoms with Crippen LogP contribution in [0.3, 0.4) is 0 Å². The van der Waals surface area contributed by atoms with Gasteiger partial charge in [0.25, 0.3) is 0 Å². The minimum absolute atomic E-state index is 0.286. The topological polar surface area (TPSA) is 46.5 Å². The van der Waals surface area contributed by atoms with Crippen molar-refractivity contribution in [1.29, 1.82) is 0 Å². The maximum atomic E-state index is 10.4. The van der Waals surface area contributed by atoms with Crippen LogP contribution in [0.15, 0.2) is 24.3 Å². The van der Waals surface area contributed by atoms with Gasteiger partial charge in [0.1, 0.15) is 5.75 Å². The monoisotopic (exact) mass is 214 g/mol. The van der Waals surface area contributed by atoms with E-state index in [4.69, 9.17) is 9.29 Å². The second-order valence-electron chi connectivity index (χ2n) is 2.85. The fourth-order valence-corrected chi connectivity index (χ4v) is 1.53. The van der Waals surface area contributed by atoms with E-state index >= 15 is 0 Å². The molecule has 1 rings (SSSR count). The molecule has 78 valence electrons. The summed E-state index contributed by atoms with van der Waals surface area (Å²) in [6, 6.07) is 7.58. The molecule has 1 aromatic carbocycles. The van der Waals surface area contributed by atoms with Crippen molar-refractivity contribution in [3.63, 3.8) is 0 Å².